The molecule has 1 aliphatic heterocycles. The smallest absolute Gasteiger partial charge is 0.227 e. The Morgan fingerprint density at radius 1 is 1.25 bits per heavy atom. The normalized spacial score (nSPS) is 18.5. The summed E-state index contributed by atoms with van der Waals surface area (Å²) in [7, 11) is 0. The van der Waals surface area contributed by atoms with Crippen LogP contribution >= 0.6 is 0 Å². The Bertz CT molecular complexity index is 691. The first-order valence-corrected chi connectivity index (χ1v) is 8.34. The zero-order valence-electron chi connectivity index (χ0n) is 13.9. The molecule has 6 nitrogen and oxygen atoms in total. The Kier molecular flexibility index (Phi) is 4.93. The minimum Gasteiger partial charge on any atom is -0.384 e. The number of anilines is 2. The van der Waals surface area contributed by atoms with Crippen molar-refractivity contribution in [2.45, 2.75) is 32.4 Å². The Balaban J connectivity index is 1.80. The number of amides is 1. The number of nitrogen functional groups attached to an aromatic ring is 1. The van der Waals surface area contributed by atoms with E-state index in [1.165, 1.54) is 0 Å². The van der Waals surface area contributed by atoms with Gasteiger partial charge < -0.3 is 15.5 Å². The van der Waals surface area contributed by atoms with E-state index in [1.54, 1.807) is 12.3 Å². The molecule has 1 amide bonds. The van der Waals surface area contributed by atoms with Crippen molar-refractivity contribution in [3.05, 3.63) is 48.2 Å². The van der Waals surface area contributed by atoms with Gasteiger partial charge in [0.1, 0.15) is 5.82 Å². The van der Waals surface area contributed by atoms with Gasteiger partial charge >= 0.3 is 0 Å². The van der Waals surface area contributed by atoms with Gasteiger partial charge in [0.25, 0.3) is 0 Å². The van der Waals surface area contributed by atoms with E-state index in [2.05, 4.69) is 33.9 Å². The Hall–Kier alpha value is -2.63. The van der Waals surface area contributed by atoms with Crippen LogP contribution in [0.4, 0.5) is 11.8 Å². The molecule has 24 heavy (non-hydrogen) atoms. The molecule has 1 aromatic carbocycles. The largest absolute Gasteiger partial charge is 0.384 e. The van der Waals surface area contributed by atoms with E-state index < -0.39 is 0 Å². The van der Waals surface area contributed by atoms with E-state index in [4.69, 9.17) is 5.73 Å². The van der Waals surface area contributed by atoms with Crippen molar-refractivity contribution in [2.75, 3.05) is 23.7 Å². The first-order chi connectivity index (χ1) is 11.7. The highest BCUT2D eigenvalue weighted by Crippen LogP contribution is 2.20. The molecule has 0 radical (unpaired) electrons. The summed E-state index contributed by atoms with van der Waals surface area (Å²) in [5, 5.41) is 0. The molecule has 1 fully saturated rings. The third-order valence-corrected chi connectivity index (χ3v) is 4.40. The van der Waals surface area contributed by atoms with Crippen molar-refractivity contribution < 1.29 is 4.79 Å². The van der Waals surface area contributed by atoms with E-state index in [9.17, 15) is 4.79 Å². The van der Waals surface area contributed by atoms with Crippen LogP contribution in [0.5, 0.6) is 0 Å². The fourth-order valence-electron chi connectivity index (χ4n) is 3.06. The van der Waals surface area contributed by atoms with Crippen molar-refractivity contribution in [1.82, 2.24) is 14.9 Å². The molecular formula is C18H23N5O. The molecule has 1 saturated heterocycles. The van der Waals surface area contributed by atoms with Gasteiger partial charge in [0.15, 0.2) is 0 Å². The Morgan fingerprint density at radius 3 is 2.75 bits per heavy atom. The third-order valence-electron chi connectivity index (χ3n) is 4.40. The fraction of sp³-hybridized carbons (Fsp3) is 0.389. The summed E-state index contributed by atoms with van der Waals surface area (Å²) in [5.41, 5.74) is 6.92. The number of nitrogens with zero attached hydrogens (tertiary/aromatic N) is 4. The zero-order chi connectivity index (χ0) is 16.9. The standard InChI is InChI=1S/C18H23N5O/c1-2-15-13-22(18-20-10-8-16(19)21-18)11-9-17(24)23(15)12-14-6-4-3-5-7-14/h3-8,10,15H,2,9,11-13H2,1H3,(H2,19,20,21)/t15-/m0/s1. The lowest BCUT2D eigenvalue weighted by Crippen LogP contribution is -2.42. The number of aromatic nitrogens is 2. The fourth-order valence-corrected chi connectivity index (χ4v) is 3.06. The van der Waals surface area contributed by atoms with Crippen LogP contribution in [0.1, 0.15) is 25.3 Å². The maximum atomic E-state index is 12.7. The highest BCUT2D eigenvalue weighted by atomic mass is 16.2. The molecule has 0 bridgehead atoms. The van der Waals surface area contributed by atoms with Crippen molar-refractivity contribution in [3.8, 4) is 0 Å². The van der Waals surface area contributed by atoms with Crippen LogP contribution in [0.3, 0.4) is 0 Å². The first kappa shape index (κ1) is 16.2. The van der Waals surface area contributed by atoms with Crippen LogP contribution in [0.2, 0.25) is 0 Å². The molecule has 3 rings (SSSR count). The summed E-state index contributed by atoms with van der Waals surface area (Å²) in [4.78, 5) is 25.3. The molecule has 0 spiro atoms. The highest BCUT2D eigenvalue weighted by molar-refractivity contribution is 5.77. The molecule has 1 atom stereocenters. The van der Waals surface area contributed by atoms with Gasteiger partial charge in [-0.25, -0.2) is 4.98 Å². The topological polar surface area (TPSA) is 75.4 Å². The van der Waals surface area contributed by atoms with Crippen LogP contribution < -0.4 is 10.6 Å². The van der Waals surface area contributed by atoms with Crippen LogP contribution in [0, 0.1) is 0 Å². The van der Waals surface area contributed by atoms with E-state index in [0.29, 0.717) is 31.3 Å². The van der Waals surface area contributed by atoms with Gasteiger partial charge in [-0.2, -0.15) is 4.98 Å². The predicted molar refractivity (Wildman–Crippen MR) is 94.3 cm³/mol. The Labute approximate surface area is 142 Å². The number of benzene rings is 1. The lowest BCUT2D eigenvalue weighted by atomic mass is 10.1. The molecule has 0 unspecified atom stereocenters. The van der Waals surface area contributed by atoms with Crippen molar-refractivity contribution in [1.29, 1.82) is 0 Å². The van der Waals surface area contributed by atoms with Crippen molar-refractivity contribution >= 4 is 17.7 Å². The van der Waals surface area contributed by atoms with E-state index in [0.717, 1.165) is 18.5 Å². The molecule has 1 aromatic heterocycles. The second-order valence-electron chi connectivity index (χ2n) is 6.05. The van der Waals surface area contributed by atoms with Crippen LogP contribution in [-0.2, 0) is 11.3 Å². The van der Waals surface area contributed by atoms with Gasteiger partial charge in [-0.3, -0.25) is 4.79 Å². The number of rotatable bonds is 4. The van der Waals surface area contributed by atoms with E-state index in [1.807, 2.05) is 23.1 Å². The summed E-state index contributed by atoms with van der Waals surface area (Å²) in [6.45, 7) is 4.09. The molecule has 1 aliphatic rings. The van der Waals surface area contributed by atoms with Crippen molar-refractivity contribution in [2.24, 2.45) is 0 Å². The highest BCUT2D eigenvalue weighted by Gasteiger charge is 2.29. The summed E-state index contributed by atoms with van der Waals surface area (Å²) in [5.74, 6) is 1.23. The van der Waals surface area contributed by atoms with Crippen LogP contribution in [0.25, 0.3) is 0 Å². The lowest BCUT2D eigenvalue weighted by Gasteiger charge is -2.31. The number of carbonyl (C=O) groups is 1. The van der Waals surface area contributed by atoms with Gasteiger partial charge in [0.05, 0.1) is 0 Å². The summed E-state index contributed by atoms with van der Waals surface area (Å²) in [6, 6.07) is 11.9. The molecule has 0 saturated carbocycles. The minimum atomic E-state index is 0.130. The first-order valence-electron chi connectivity index (χ1n) is 8.34. The minimum absolute atomic E-state index is 0.130. The van der Waals surface area contributed by atoms with E-state index >= 15 is 0 Å². The average molecular weight is 325 g/mol. The molecule has 2 aromatic rings. The summed E-state index contributed by atoms with van der Waals surface area (Å²) < 4.78 is 0. The van der Waals surface area contributed by atoms with Crippen LogP contribution in [0.15, 0.2) is 42.6 Å². The molecule has 0 aliphatic carbocycles. The SMILES string of the molecule is CC[C@H]1CN(c2nccc(N)n2)CCC(=O)N1Cc1ccccc1. The summed E-state index contributed by atoms with van der Waals surface area (Å²) in [6.07, 6.45) is 3.01. The predicted octanol–water partition coefficient (Wildman–Crippen LogP) is 2.08. The number of nitrogens with two attached hydrogens (primary N) is 1. The molecule has 126 valence electrons. The van der Waals surface area contributed by atoms with Gasteiger partial charge in [0, 0.05) is 38.3 Å². The second kappa shape index (κ2) is 7.29. The van der Waals surface area contributed by atoms with E-state index in [-0.39, 0.29) is 11.9 Å². The monoisotopic (exact) mass is 325 g/mol. The quantitative estimate of drug-likeness (QED) is 0.931. The summed E-state index contributed by atoms with van der Waals surface area (Å²) >= 11 is 0. The zero-order valence-corrected chi connectivity index (χ0v) is 13.9. The third kappa shape index (κ3) is 3.64. The Morgan fingerprint density at radius 2 is 2.04 bits per heavy atom. The van der Waals surface area contributed by atoms with Gasteiger partial charge in [0.2, 0.25) is 11.9 Å². The second-order valence-corrected chi connectivity index (χ2v) is 6.05. The number of hydrogen-bond donors (Lipinski definition) is 1. The molecular weight excluding hydrogens is 302 g/mol. The average Bonchev–Trinajstić information content (AvgIpc) is 2.76. The van der Waals surface area contributed by atoms with Gasteiger partial charge in [-0.1, -0.05) is 37.3 Å². The van der Waals surface area contributed by atoms with Crippen molar-refractivity contribution in [3.63, 3.8) is 0 Å². The maximum absolute atomic E-state index is 12.7. The lowest BCUT2D eigenvalue weighted by molar-refractivity contribution is -0.133. The number of hydrogen-bond acceptors (Lipinski definition) is 5. The molecule has 2 heterocycles. The molecule has 6 heteroatoms. The van der Waals surface area contributed by atoms with Crippen LogP contribution in [-0.4, -0.2) is 39.9 Å². The van der Waals surface area contributed by atoms with Gasteiger partial charge in [-0.05, 0) is 18.1 Å². The maximum Gasteiger partial charge on any atom is 0.227 e. The van der Waals surface area contributed by atoms with Gasteiger partial charge in [-0.15, -0.1) is 0 Å². The molecule has 2 N–H and O–H groups in total. The number of carbonyl (C=O) groups excluding carboxylic acids is 1.